The highest BCUT2D eigenvalue weighted by Crippen LogP contribution is 2.46. The Bertz CT molecular complexity index is 4020. The van der Waals surface area contributed by atoms with Gasteiger partial charge in [-0.15, -0.1) is 0 Å². The van der Waals surface area contributed by atoms with Crippen molar-refractivity contribution in [1.29, 1.82) is 0 Å². The molecule has 292 valence electrons. The minimum Gasteiger partial charge on any atom is -0.309 e. The van der Waals surface area contributed by atoms with E-state index in [9.17, 15) is 0 Å². The predicted molar refractivity (Wildman–Crippen MR) is 267 cm³/mol. The van der Waals surface area contributed by atoms with Crippen molar-refractivity contribution < 1.29 is 0 Å². The number of rotatable bonds is 4. The lowest BCUT2D eigenvalue weighted by Gasteiger charge is -2.17. The molecule has 63 heavy (non-hydrogen) atoms. The fourth-order valence-corrected chi connectivity index (χ4v) is 11.1. The van der Waals surface area contributed by atoms with Gasteiger partial charge in [0, 0.05) is 32.9 Å². The van der Waals surface area contributed by atoms with E-state index in [0.717, 1.165) is 6.42 Å². The second kappa shape index (κ2) is 13.1. The first-order valence-electron chi connectivity index (χ1n) is 22.0. The zero-order valence-electron chi connectivity index (χ0n) is 34.4. The van der Waals surface area contributed by atoms with Crippen LogP contribution in [-0.2, 0) is 6.42 Å². The van der Waals surface area contributed by atoms with E-state index in [2.05, 4.69) is 228 Å². The fraction of sp³-hybridized carbons (Fsp3) is 0.0164. The summed E-state index contributed by atoms with van der Waals surface area (Å²) in [6.45, 7) is 0. The Balaban J connectivity index is 0.978. The summed E-state index contributed by atoms with van der Waals surface area (Å²) in [7, 11) is 0. The van der Waals surface area contributed by atoms with Crippen LogP contribution in [0.5, 0.6) is 0 Å². The van der Waals surface area contributed by atoms with Gasteiger partial charge in [0.2, 0.25) is 0 Å². The largest absolute Gasteiger partial charge is 0.309 e. The lowest BCUT2D eigenvalue weighted by Crippen LogP contribution is -1.98. The second-order valence-corrected chi connectivity index (χ2v) is 17.2. The van der Waals surface area contributed by atoms with Gasteiger partial charge in [0.05, 0.1) is 22.1 Å². The van der Waals surface area contributed by atoms with Crippen LogP contribution in [0.4, 0.5) is 0 Å². The third kappa shape index (κ3) is 5.01. The van der Waals surface area contributed by atoms with Crippen molar-refractivity contribution in [2.75, 3.05) is 0 Å². The van der Waals surface area contributed by atoms with Crippen LogP contribution in [0.15, 0.2) is 218 Å². The summed E-state index contributed by atoms with van der Waals surface area (Å²) in [6.07, 6.45) is 0.919. The SMILES string of the molecule is c1ccc(-n2c3ccccc3c3cc(-c4ccc5c(c4)c4ccccc4n5-c4cc(-c5ccc6c7ccccc7c7ccccc7c6c5)c5c(c4)-c4ccccc4C5)ccc32)cc1. The number of aromatic nitrogens is 2. The molecule has 0 saturated heterocycles. The molecular weight excluding hydrogens is 761 g/mol. The maximum Gasteiger partial charge on any atom is 0.0541 e. The summed E-state index contributed by atoms with van der Waals surface area (Å²) in [6, 6.07) is 81.3. The molecule has 13 aromatic rings. The molecule has 11 aromatic carbocycles. The van der Waals surface area contributed by atoms with E-state index in [-0.39, 0.29) is 0 Å². The first-order valence-corrected chi connectivity index (χ1v) is 22.0. The highest BCUT2D eigenvalue weighted by Gasteiger charge is 2.25. The van der Waals surface area contributed by atoms with Crippen LogP contribution < -0.4 is 0 Å². The Morgan fingerprint density at radius 1 is 0.254 bits per heavy atom. The molecule has 1 aliphatic carbocycles. The van der Waals surface area contributed by atoms with Gasteiger partial charge < -0.3 is 9.13 Å². The van der Waals surface area contributed by atoms with Crippen molar-refractivity contribution in [1.82, 2.24) is 9.13 Å². The zero-order valence-corrected chi connectivity index (χ0v) is 34.4. The molecular formula is C61H38N2. The molecule has 0 N–H and O–H groups in total. The lowest BCUT2D eigenvalue weighted by atomic mass is 9.90. The molecule has 0 aliphatic heterocycles. The maximum atomic E-state index is 2.50. The minimum atomic E-state index is 0.919. The maximum absolute atomic E-state index is 2.50. The van der Waals surface area contributed by atoms with E-state index < -0.39 is 0 Å². The molecule has 0 spiro atoms. The first kappa shape index (κ1) is 34.5. The van der Waals surface area contributed by atoms with Crippen LogP contribution in [0.3, 0.4) is 0 Å². The standard InChI is InChI=1S/C61H38N2/c1-2-15-42(16-3-1)62-58-24-12-10-22-50(58)56-32-38(27-30-60(56)62)39-28-31-61-57(33-39)51-23-11-13-25-59(51)63(61)43-36-52(54-34-40-14-4-5-17-44(40)55(54)37-43)41-26-29-49-47-20-7-6-18-45(47)46-19-8-9-21-48(46)53(49)35-41/h1-33,35-37H,34H2. The zero-order chi connectivity index (χ0) is 41.2. The average molecular weight is 799 g/mol. The van der Waals surface area contributed by atoms with Gasteiger partial charge in [-0.25, -0.2) is 0 Å². The number of hydrogen-bond donors (Lipinski definition) is 0. The number of benzene rings is 11. The van der Waals surface area contributed by atoms with Crippen molar-refractivity contribution >= 4 is 75.9 Å². The molecule has 0 amide bonds. The Hall–Kier alpha value is -8.20. The summed E-state index contributed by atoms with van der Waals surface area (Å²) < 4.78 is 4.89. The van der Waals surface area contributed by atoms with E-state index >= 15 is 0 Å². The normalized spacial score (nSPS) is 12.4. The van der Waals surface area contributed by atoms with Gasteiger partial charge in [-0.1, -0.05) is 152 Å². The van der Waals surface area contributed by atoms with E-state index in [1.807, 2.05) is 0 Å². The number of para-hydroxylation sites is 3. The van der Waals surface area contributed by atoms with Crippen LogP contribution in [0.25, 0.3) is 121 Å². The Kier molecular flexibility index (Phi) is 7.20. The van der Waals surface area contributed by atoms with Crippen molar-refractivity contribution in [3.63, 3.8) is 0 Å². The molecule has 2 heteroatoms. The molecule has 0 radical (unpaired) electrons. The van der Waals surface area contributed by atoms with Crippen LogP contribution >= 0.6 is 0 Å². The van der Waals surface area contributed by atoms with Crippen LogP contribution in [0.2, 0.25) is 0 Å². The highest BCUT2D eigenvalue weighted by molar-refractivity contribution is 6.26. The highest BCUT2D eigenvalue weighted by atomic mass is 15.0. The molecule has 0 saturated carbocycles. The van der Waals surface area contributed by atoms with Gasteiger partial charge in [-0.05, 0) is 150 Å². The average Bonchev–Trinajstić information content (AvgIpc) is 4.01. The molecule has 2 nitrogen and oxygen atoms in total. The van der Waals surface area contributed by atoms with Crippen molar-refractivity contribution in [2.24, 2.45) is 0 Å². The molecule has 2 heterocycles. The predicted octanol–water partition coefficient (Wildman–Crippen LogP) is 16.2. The van der Waals surface area contributed by atoms with Gasteiger partial charge in [-0.3, -0.25) is 0 Å². The Morgan fingerprint density at radius 2 is 0.698 bits per heavy atom. The smallest absolute Gasteiger partial charge is 0.0541 e. The molecule has 1 aliphatic rings. The summed E-state index contributed by atoms with van der Waals surface area (Å²) >= 11 is 0. The van der Waals surface area contributed by atoms with E-state index in [4.69, 9.17) is 0 Å². The Morgan fingerprint density at radius 3 is 1.33 bits per heavy atom. The van der Waals surface area contributed by atoms with E-state index in [1.165, 1.54) is 132 Å². The number of nitrogens with zero attached hydrogens (tertiary/aromatic N) is 2. The summed E-state index contributed by atoms with van der Waals surface area (Å²) in [5.74, 6) is 0. The van der Waals surface area contributed by atoms with E-state index in [1.54, 1.807) is 0 Å². The summed E-state index contributed by atoms with van der Waals surface area (Å²) in [5, 5.41) is 12.8. The van der Waals surface area contributed by atoms with E-state index in [0.29, 0.717) is 0 Å². The first-order chi connectivity index (χ1) is 31.2. The van der Waals surface area contributed by atoms with Crippen LogP contribution in [0, 0.1) is 0 Å². The van der Waals surface area contributed by atoms with Crippen LogP contribution in [0.1, 0.15) is 11.1 Å². The van der Waals surface area contributed by atoms with Crippen molar-refractivity contribution in [2.45, 2.75) is 6.42 Å². The van der Waals surface area contributed by atoms with Crippen molar-refractivity contribution in [3.05, 3.63) is 230 Å². The number of fused-ring (bicyclic) bond motifs is 15. The Labute approximate surface area is 364 Å². The number of hydrogen-bond acceptors (Lipinski definition) is 0. The van der Waals surface area contributed by atoms with Gasteiger partial charge in [-0.2, -0.15) is 0 Å². The molecule has 0 fully saturated rings. The van der Waals surface area contributed by atoms with Gasteiger partial charge in [0.15, 0.2) is 0 Å². The molecule has 0 unspecified atom stereocenters. The minimum absolute atomic E-state index is 0.919. The molecule has 0 atom stereocenters. The van der Waals surface area contributed by atoms with Crippen molar-refractivity contribution in [3.8, 4) is 44.8 Å². The third-order valence-corrected chi connectivity index (χ3v) is 13.9. The molecule has 14 rings (SSSR count). The third-order valence-electron chi connectivity index (χ3n) is 13.9. The molecule has 0 bridgehead atoms. The van der Waals surface area contributed by atoms with Gasteiger partial charge in [0.25, 0.3) is 0 Å². The molecule has 2 aromatic heterocycles. The summed E-state index contributed by atoms with van der Waals surface area (Å²) in [5.41, 5.74) is 17.6. The fourth-order valence-electron chi connectivity index (χ4n) is 11.1. The van der Waals surface area contributed by atoms with Gasteiger partial charge >= 0.3 is 0 Å². The summed E-state index contributed by atoms with van der Waals surface area (Å²) in [4.78, 5) is 0. The second-order valence-electron chi connectivity index (χ2n) is 17.2. The lowest BCUT2D eigenvalue weighted by molar-refractivity contribution is 1.17. The monoisotopic (exact) mass is 798 g/mol. The van der Waals surface area contributed by atoms with Gasteiger partial charge in [0.1, 0.15) is 0 Å². The topological polar surface area (TPSA) is 9.86 Å². The quantitative estimate of drug-likeness (QED) is 0.157. The van der Waals surface area contributed by atoms with Crippen LogP contribution in [-0.4, -0.2) is 9.13 Å².